The molecule has 80 heavy (non-hydrogen) atoms. The quantitative estimate of drug-likeness (QED) is 0.00691. The number of hydrazone groups is 1. The first kappa shape index (κ1) is 61.7. The molecule has 0 unspecified atom stereocenters. The molecular weight excluding hydrogens is 1060 g/mol. The topological polar surface area (TPSA) is 205 Å². The van der Waals surface area contributed by atoms with Crippen LogP contribution in [-0.4, -0.2) is 85.6 Å². The Balaban J connectivity index is 0.0000103. The van der Waals surface area contributed by atoms with Crippen molar-refractivity contribution in [2.75, 3.05) is 30.8 Å². The first-order valence-corrected chi connectivity index (χ1v) is 28.1. The maximum Gasteiger partial charge on any atom is 0.339 e. The van der Waals surface area contributed by atoms with Crippen LogP contribution in [-0.2, 0) is 38.1 Å². The third-order valence-electron chi connectivity index (χ3n) is 13.4. The minimum atomic E-state index is -0.604. The maximum atomic E-state index is 13.9. The van der Waals surface area contributed by atoms with Crippen molar-refractivity contribution in [1.82, 2.24) is 4.98 Å². The average Bonchev–Trinajstić information content (AvgIpc) is 3.93. The van der Waals surface area contributed by atoms with Gasteiger partial charge in [-0.05, 0) is 194 Å². The summed E-state index contributed by atoms with van der Waals surface area (Å²) in [6.07, 6.45) is 13.5. The van der Waals surface area contributed by atoms with Crippen LogP contribution in [0.2, 0.25) is 0 Å². The highest BCUT2D eigenvalue weighted by Gasteiger charge is 2.32. The first-order valence-electron chi connectivity index (χ1n) is 26.9. The lowest BCUT2D eigenvalue weighted by molar-refractivity contribution is -0.141. The Labute approximate surface area is 477 Å². The summed E-state index contributed by atoms with van der Waals surface area (Å²) in [5.41, 5.74) is 1.69. The molecule has 0 spiro atoms. The lowest BCUT2D eigenvalue weighted by Crippen LogP contribution is -2.30. The Morgan fingerprint density at radius 3 is 1.60 bits per heavy atom. The summed E-state index contributed by atoms with van der Waals surface area (Å²) in [5.74, 6) is -1.58. The minimum Gasteiger partial charge on any atom is -0.494 e. The summed E-state index contributed by atoms with van der Waals surface area (Å²) in [6.45, 7) is 8.55. The van der Waals surface area contributed by atoms with E-state index in [2.05, 4.69) is 36.1 Å². The normalized spacial score (nSPS) is 16.8. The van der Waals surface area contributed by atoms with Gasteiger partial charge in [0.05, 0.1) is 65.8 Å². The largest absolute Gasteiger partial charge is 0.494 e. The van der Waals surface area contributed by atoms with E-state index >= 15 is 0 Å². The molecule has 0 aliphatic heterocycles. The van der Waals surface area contributed by atoms with Gasteiger partial charge in [0.25, 0.3) is 0 Å². The zero-order valence-corrected chi connectivity index (χ0v) is 45.9. The highest BCUT2D eigenvalue weighted by molar-refractivity contribution is 7.82. The Bertz CT molecular complexity index is 2840. The first-order chi connectivity index (χ1) is 38.4. The van der Waals surface area contributed by atoms with E-state index in [0.717, 1.165) is 73.7 Å². The number of unbranched alkanes of at least 4 members (excludes halogenated alkanes) is 6. The van der Waals surface area contributed by atoms with Crippen molar-refractivity contribution in [3.63, 3.8) is 0 Å². The molecule has 2 aliphatic carbocycles. The standard InChI is InChI=1S/C60H67N3O14S2.CH4/c1-3-54(64)72-37-13-7-5-11-35-70-45-23-17-41(18-24-45)56(66)74-47-25-19-43(20-26-47)58(68)77-50-33-34-51(44(39-50)40-61-63(78)60-62-52-15-9-10-16-53(52)79-60)59(69)76-48-27-21-42(22-28-48)57(67)75-49-31-29-46(30-32-49)71-36-12-6-8-14-38-73-55(65)4-2;/h3-4,9-10,15-18,23-24,29-34,39-40,42-43,47-48,78H,1-2,5-8,11-14,19-22,25-28,35-38H2;1H4/b61-40+;. The molecule has 1 heterocycles. The highest BCUT2D eigenvalue weighted by atomic mass is 32.1. The fourth-order valence-electron chi connectivity index (χ4n) is 8.92. The number of hydrogen-bond donors (Lipinski definition) is 1. The molecule has 4 aromatic carbocycles. The fourth-order valence-corrected chi connectivity index (χ4v) is 9.98. The van der Waals surface area contributed by atoms with Crippen LogP contribution in [0.5, 0.6) is 23.0 Å². The van der Waals surface area contributed by atoms with Gasteiger partial charge in [-0.25, -0.2) is 24.2 Å². The molecule has 17 nitrogen and oxygen atoms in total. The number of hydrogen-bond acceptors (Lipinski definition) is 19. The summed E-state index contributed by atoms with van der Waals surface area (Å²) in [4.78, 5) is 80.6. The van der Waals surface area contributed by atoms with Crippen LogP contribution in [0.1, 0.15) is 136 Å². The van der Waals surface area contributed by atoms with E-state index in [1.54, 1.807) is 60.7 Å². The van der Waals surface area contributed by atoms with Crippen molar-refractivity contribution in [2.45, 2.75) is 122 Å². The molecule has 2 saturated carbocycles. The minimum absolute atomic E-state index is 0. The smallest absolute Gasteiger partial charge is 0.339 e. The second-order valence-corrected chi connectivity index (χ2v) is 20.5. The molecule has 19 heteroatoms. The maximum absolute atomic E-state index is 13.9. The van der Waals surface area contributed by atoms with Gasteiger partial charge in [-0.15, -0.1) is 0 Å². The van der Waals surface area contributed by atoms with E-state index in [9.17, 15) is 28.8 Å². The molecule has 0 amide bonds. The Hall–Kier alpha value is -7.51. The average molecular weight is 1130 g/mol. The van der Waals surface area contributed by atoms with Crippen LogP contribution in [0.25, 0.3) is 10.2 Å². The van der Waals surface area contributed by atoms with Crippen LogP contribution in [0.3, 0.4) is 0 Å². The monoisotopic (exact) mass is 1130 g/mol. The SMILES string of the molecule is C.C=CC(=O)OCCCCCCOc1ccc(OC(=O)C2CCC(OC(=O)c3ccc(OC(=O)C4CCC(OC(=O)c5ccc(OCCCCCCOC(=O)C=C)cc5)CC4)cc3/C=N/N(S)c3nc4ccccc4s3)CC2)cc1. The van der Waals surface area contributed by atoms with Gasteiger partial charge < -0.3 is 37.9 Å². The number of nitrogens with zero attached hydrogens (tertiary/aromatic N) is 3. The third-order valence-corrected chi connectivity index (χ3v) is 14.8. The number of carbonyl (C=O) groups is 6. The van der Waals surface area contributed by atoms with E-state index in [1.807, 2.05) is 24.3 Å². The number of aromatic nitrogens is 1. The number of ether oxygens (including phenoxy) is 8. The van der Waals surface area contributed by atoms with Gasteiger partial charge in [0.1, 0.15) is 35.2 Å². The van der Waals surface area contributed by atoms with E-state index in [1.165, 1.54) is 28.0 Å². The van der Waals surface area contributed by atoms with Gasteiger partial charge in [0, 0.05) is 17.7 Å². The molecule has 0 radical (unpaired) electrons. The van der Waals surface area contributed by atoms with Crippen LogP contribution in [0.15, 0.2) is 121 Å². The second kappa shape index (κ2) is 32.5. The van der Waals surface area contributed by atoms with Gasteiger partial charge in [-0.1, -0.05) is 44.1 Å². The predicted octanol–water partition coefficient (Wildman–Crippen LogP) is 12.6. The van der Waals surface area contributed by atoms with Crippen molar-refractivity contribution in [3.8, 4) is 23.0 Å². The van der Waals surface area contributed by atoms with Gasteiger partial charge in [0.2, 0.25) is 5.13 Å². The number of anilines is 1. The number of benzene rings is 4. The van der Waals surface area contributed by atoms with E-state index in [4.69, 9.17) is 37.9 Å². The molecule has 0 saturated heterocycles. The van der Waals surface area contributed by atoms with Crippen molar-refractivity contribution >= 4 is 81.5 Å². The lowest BCUT2D eigenvalue weighted by Gasteiger charge is -2.27. The van der Waals surface area contributed by atoms with Crippen molar-refractivity contribution in [3.05, 3.63) is 133 Å². The van der Waals surface area contributed by atoms with Gasteiger partial charge in [-0.2, -0.15) is 9.52 Å². The lowest BCUT2D eigenvalue weighted by atomic mass is 9.87. The molecule has 2 aliphatic rings. The molecule has 5 aromatic rings. The number of fused-ring (bicyclic) bond motifs is 1. The predicted molar refractivity (Wildman–Crippen MR) is 309 cm³/mol. The highest BCUT2D eigenvalue weighted by Crippen LogP contribution is 2.33. The number of thiol groups is 1. The number of para-hydroxylation sites is 1. The number of carbonyl (C=O) groups excluding carboxylic acids is 6. The van der Waals surface area contributed by atoms with Crippen LogP contribution in [0.4, 0.5) is 5.13 Å². The summed E-state index contributed by atoms with van der Waals surface area (Å²) in [5, 5.41) is 4.99. The Morgan fingerprint density at radius 1 is 0.588 bits per heavy atom. The van der Waals surface area contributed by atoms with Crippen LogP contribution in [0, 0.1) is 11.8 Å². The molecule has 0 bridgehead atoms. The molecule has 2 fully saturated rings. The van der Waals surface area contributed by atoms with Crippen molar-refractivity contribution in [1.29, 1.82) is 0 Å². The molecular formula is C61H71N3O14S2. The molecule has 7 rings (SSSR count). The van der Waals surface area contributed by atoms with E-state index in [-0.39, 0.29) is 36.7 Å². The summed E-state index contributed by atoms with van der Waals surface area (Å²) in [6, 6.07) is 26.0. The fraction of sp³-hybridized carbons (Fsp3) is 0.410. The summed E-state index contributed by atoms with van der Waals surface area (Å²) < 4.78 is 47.3. The Morgan fingerprint density at radius 2 is 1.06 bits per heavy atom. The van der Waals surface area contributed by atoms with Gasteiger partial charge >= 0.3 is 35.8 Å². The summed E-state index contributed by atoms with van der Waals surface area (Å²) in [7, 11) is 0. The van der Waals surface area contributed by atoms with Gasteiger partial charge in [0.15, 0.2) is 0 Å². The third kappa shape index (κ3) is 19.7. The van der Waals surface area contributed by atoms with Crippen molar-refractivity contribution < 1.29 is 66.7 Å². The molecule has 0 atom stereocenters. The molecule has 426 valence electrons. The van der Waals surface area contributed by atoms with Crippen LogP contribution < -0.4 is 23.4 Å². The van der Waals surface area contributed by atoms with E-state index in [0.29, 0.717) is 111 Å². The van der Waals surface area contributed by atoms with E-state index < -0.39 is 41.9 Å². The number of rotatable bonds is 29. The van der Waals surface area contributed by atoms with Gasteiger partial charge in [-0.3, -0.25) is 9.59 Å². The number of thiazole rings is 1. The zero-order chi connectivity index (χ0) is 55.8. The summed E-state index contributed by atoms with van der Waals surface area (Å²) >= 11 is 5.95. The molecule has 0 N–H and O–H groups in total. The van der Waals surface area contributed by atoms with Crippen LogP contribution >= 0.6 is 24.2 Å². The zero-order valence-electron chi connectivity index (χ0n) is 44.2. The second-order valence-electron chi connectivity index (χ2n) is 19.1. The number of esters is 6. The molecule has 1 aromatic heterocycles. The Kier molecular flexibility index (Phi) is 25.1. The van der Waals surface area contributed by atoms with Crippen molar-refractivity contribution in [2.24, 2.45) is 16.9 Å².